The van der Waals surface area contributed by atoms with Gasteiger partial charge in [0.15, 0.2) is 17.3 Å². The lowest BCUT2D eigenvalue weighted by molar-refractivity contribution is -0.131. The first-order chi connectivity index (χ1) is 20.8. The lowest BCUT2D eigenvalue weighted by Crippen LogP contribution is -2.58. The Morgan fingerprint density at radius 1 is 1.12 bits per heavy atom. The zero-order valence-electron chi connectivity index (χ0n) is 23.0. The average molecular weight is 588 g/mol. The highest BCUT2D eigenvalue weighted by Gasteiger charge is 2.36. The van der Waals surface area contributed by atoms with Crippen LogP contribution in [0.2, 0.25) is 0 Å². The van der Waals surface area contributed by atoms with E-state index in [0.29, 0.717) is 34.0 Å². The van der Waals surface area contributed by atoms with Gasteiger partial charge in [0.25, 0.3) is 12.3 Å². The number of anilines is 3. The largest absolute Gasteiger partial charge is 0.457 e. The highest BCUT2D eigenvalue weighted by molar-refractivity contribution is 5.94. The monoisotopic (exact) mass is 587 g/mol. The molecule has 5 heterocycles. The highest BCUT2D eigenvalue weighted by atomic mass is 19.3. The van der Waals surface area contributed by atoms with Crippen molar-refractivity contribution in [3.05, 3.63) is 66.6 Å². The summed E-state index contributed by atoms with van der Waals surface area (Å²) in [5.41, 5.74) is 1.77. The van der Waals surface area contributed by atoms with Gasteiger partial charge in [-0.15, -0.1) is 0 Å². The van der Waals surface area contributed by atoms with E-state index in [9.17, 15) is 13.6 Å². The molecule has 218 valence electrons. The number of carbonyl (C=O) groups excluding carboxylic acids is 1. The third-order valence-electron chi connectivity index (χ3n) is 7.06. The lowest BCUT2D eigenvalue weighted by Gasteiger charge is -2.40. The van der Waals surface area contributed by atoms with Crippen molar-refractivity contribution in [1.29, 1.82) is 0 Å². The quantitative estimate of drug-likeness (QED) is 0.290. The van der Waals surface area contributed by atoms with Crippen molar-refractivity contribution in [3.8, 4) is 23.3 Å². The van der Waals surface area contributed by atoms with Crippen LogP contribution in [-0.2, 0) is 4.79 Å². The highest BCUT2D eigenvalue weighted by Crippen LogP contribution is 2.33. The van der Waals surface area contributed by atoms with E-state index in [1.54, 1.807) is 52.9 Å². The van der Waals surface area contributed by atoms with Gasteiger partial charge in [0.2, 0.25) is 0 Å². The molecule has 0 bridgehead atoms. The first-order valence-electron chi connectivity index (χ1n) is 13.2. The molecule has 0 radical (unpaired) electrons. The summed E-state index contributed by atoms with van der Waals surface area (Å²) in [6.45, 7) is 3.27. The zero-order chi connectivity index (χ0) is 30.1. The number of halogens is 3. The van der Waals surface area contributed by atoms with Gasteiger partial charge in [-0.05, 0) is 50.1 Å². The number of aromatic nitrogens is 6. The minimum absolute atomic E-state index is 0.0599. The van der Waals surface area contributed by atoms with Crippen LogP contribution in [0.4, 0.5) is 30.5 Å². The fourth-order valence-corrected chi connectivity index (χ4v) is 4.85. The number of benzene rings is 1. The zero-order valence-corrected chi connectivity index (χ0v) is 23.0. The van der Waals surface area contributed by atoms with Crippen LogP contribution in [0.5, 0.6) is 11.5 Å². The average Bonchev–Trinajstić information content (AvgIpc) is 3.48. The summed E-state index contributed by atoms with van der Waals surface area (Å²) in [6, 6.07) is 8.54. The molecule has 43 heavy (non-hydrogen) atoms. The number of ether oxygens (including phenoxy) is 1. The Morgan fingerprint density at radius 3 is 2.79 bits per heavy atom. The Balaban J connectivity index is 1.25. The predicted molar refractivity (Wildman–Crippen MR) is 152 cm³/mol. The van der Waals surface area contributed by atoms with Crippen LogP contribution in [0.1, 0.15) is 12.5 Å². The van der Waals surface area contributed by atoms with Crippen molar-refractivity contribution in [2.45, 2.75) is 26.3 Å². The standard InChI is InChI=1S/C29H24F3N9O2/c1-3-4-25(42)40-12-11-39(14-21(40)28(31)32)23-8-6-20-27(38-23)29(35-15-33-20)37-19-5-7-22(17(2)26(19)30)43-18-9-10-41-24(13-18)34-16-36-41/h5-10,13,15-16,21,28H,11-12,14H2,1-2H3,(H,33,35,37). The Hall–Kier alpha value is -5.45. The number of fused-ring (bicyclic) bond motifs is 2. The molecule has 4 aromatic heterocycles. The molecule has 1 unspecified atom stereocenters. The molecule has 1 aliphatic rings. The van der Waals surface area contributed by atoms with Crippen molar-refractivity contribution in [2.24, 2.45) is 0 Å². The molecular formula is C29H24F3N9O2. The molecule has 1 N–H and O–H groups in total. The molecule has 0 spiro atoms. The van der Waals surface area contributed by atoms with E-state index in [0.717, 1.165) is 4.90 Å². The van der Waals surface area contributed by atoms with E-state index in [4.69, 9.17) is 4.74 Å². The van der Waals surface area contributed by atoms with Gasteiger partial charge in [-0.1, -0.05) is 5.92 Å². The van der Waals surface area contributed by atoms with Gasteiger partial charge in [-0.25, -0.2) is 37.6 Å². The molecule has 1 amide bonds. The maximum atomic E-state index is 15.5. The number of hydrogen-bond acceptors (Lipinski definition) is 9. The van der Waals surface area contributed by atoms with Gasteiger partial charge in [-0.2, -0.15) is 5.10 Å². The Morgan fingerprint density at radius 2 is 1.98 bits per heavy atom. The normalized spacial score (nSPS) is 15.1. The molecule has 1 atom stereocenters. The second-order valence-electron chi connectivity index (χ2n) is 9.68. The number of nitrogens with one attached hydrogen (secondary N) is 1. The number of carbonyl (C=O) groups is 1. The number of amides is 1. The van der Waals surface area contributed by atoms with Gasteiger partial charge in [0.05, 0.1) is 11.2 Å². The van der Waals surface area contributed by atoms with Gasteiger partial charge in [0, 0.05) is 37.5 Å². The van der Waals surface area contributed by atoms with Crippen molar-refractivity contribution in [1.82, 2.24) is 34.4 Å². The molecule has 6 rings (SSSR count). The van der Waals surface area contributed by atoms with Crippen molar-refractivity contribution in [2.75, 3.05) is 29.9 Å². The van der Waals surface area contributed by atoms with E-state index in [2.05, 4.69) is 42.2 Å². The predicted octanol–water partition coefficient (Wildman–Crippen LogP) is 4.36. The Bertz CT molecular complexity index is 1900. The van der Waals surface area contributed by atoms with Gasteiger partial charge < -0.3 is 19.9 Å². The second-order valence-corrected chi connectivity index (χ2v) is 9.68. The molecule has 1 aromatic carbocycles. The maximum Gasteiger partial charge on any atom is 0.299 e. The van der Waals surface area contributed by atoms with Crippen molar-refractivity contribution >= 4 is 39.9 Å². The van der Waals surface area contributed by atoms with Crippen LogP contribution < -0.4 is 15.0 Å². The van der Waals surface area contributed by atoms with Gasteiger partial charge in [0.1, 0.15) is 41.5 Å². The van der Waals surface area contributed by atoms with Crippen LogP contribution in [0.3, 0.4) is 0 Å². The van der Waals surface area contributed by atoms with E-state index in [1.807, 2.05) is 0 Å². The van der Waals surface area contributed by atoms with Crippen LogP contribution in [0, 0.1) is 24.6 Å². The van der Waals surface area contributed by atoms with Crippen molar-refractivity contribution < 1.29 is 22.7 Å². The first-order valence-corrected chi connectivity index (χ1v) is 13.2. The number of piperazine rings is 1. The number of hydrogen-bond donors (Lipinski definition) is 1. The summed E-state index contributed by atoms with van der Waals surface area (Å²) in [6.07, 6.45) is 1.66. The van der Waals surface area contributed by atoms with E-state index < -0.39 is 24.2 Å². The van der Waals surface area contributed by atoms with Crippen LogP contribution >= 0.6 is 0 Å². The first kappa shape index (κ1) is 27.7. The van der Waals surface area contributed by atoms with Crippen LogP contribution in [-0.4, -0.2) is 72.5 Å². The fraction of sp³-hybridized carbons (Fsp3) is 0.241. The summed E-state index contributed by atoms with van der Waals surface area (Å²) in [7, 11) is 0. The number of nitrogens with zero attached hydrogens (tertiary/aromatic N) is 8. The SMILES string of the molecule is CC#CC(=O)N1CCN(c2ccc3ncnc(Nc4ccc(Oc5ccn6ncnc6c5)c(C)c4F)c3n2)CC1C(F)F. The smallest absolute Gasteiger partial charge is 0.299 e. The lowest BCUT2D eigenvalue weighted by atomic mass is 10.1. The van der Waals surface area contributed by atoms with E-state index in [1.165, 1.54) is 25.6 Å². The third-order valence-corrected chi connectivity index (χ3v) is 7.06. The molecule has 1 saturated heterocycles. The van der Waals surface area contributed by atoms with Crippen molar-refractivity contribution in [3.63, 3.8) is 0 Å². The van der Waals surface area contributed by atoms with E-state index in [-0.39, 0.29) is 36.7 Å². The number of alkyl halides is 2. The molecule has 1 aliphatic heterocycles. The third kappa shape index (κ3) is 5.44. The molecule has 0 aliphatic carbocycles. The molecule has 0 saturated carbocycles. The minimum atomic E-state index is -2.77. The summed E-state index contributed by atoms with van der Waals surface area (Å²) in [5.74, 6) is 5.03. The molecule has 1 fully saturated rings. The summed E-state index contributed by atoms with van der Waals surface area (Å²) in [5, 5.41) is 7.03. The Labute approximate surface area is 243 Å². The summed E-state index contributed by atoms with van der Waals surface area (Å²) in [4.78, 5) is 32.3. The molecular weight excluding hydrogens is 563 g/mol. The van der Waals surface area contributed by atoms with Crippen LogP contribution in [0.25, 0.3) is 16.7 Å². The van der Waals surface area contributed by atoms with Gasteiger partial charge >= 0.3 is 0 Å². The van der Waals surface area contributed by atoms with E-state index >= 15 is 4.39 Å². The summed E-state index contributed by atoms with van der Waals surface area (Å²) >= 11 is 0. The van der Waals surface area contributed by atoms with Crippen LogP contribution in [0.15, 0.2) is 55.2 Å². The topological polar surface area (TPSA) is 114 Å². The fourth-order valence-electron chi connectivity index (χ4n) is 4.85. The minimum Gasteiger partial charge on any atom is -0.457 e. The molecule has 14 heteroatoms. The second kappa shape index (κ2) is 11.4. The molecule has 5 aromatic rings. The number of pyridine rings is 2. The Kier molecular flexibility index (Phi) is 7.37. The van der Waals surface area contributed by atoms with Gasteiger partial charge in [-0.3, -0.25) is 4.79 Å². The summed E-state index contributed by atoms with van der Waals surface area (Å²) < 4.78 is 50.9. The maximum absolute atomic E-state index is 15.5. The molecule has 11 nitrogen and oxygen atoms in total. The number of rotatable bonds is 6.